The maximum absolute atomic E-state index is 5.57. The van der Waals surface area contributed by atoms with Crippen molar-refractivity contribution in [1.82, 2.24) is 10.5 Å². The average molecular weight is 182 g/mol. The first-order valence-electron chi connectivity index (χ1n) is 4.14. The van der Waals surface area contributed by atoms with Gasteiger partial charge in [0.1, 0.15) is 6.54 Å². The van der Waals surface area contributed by atoms with Crippen LogP contribution in [0.15, 0.2) is 21.8 Å². The second kappa shape index (κ2) is 4.49. The fourth-order valence-corrected chi connectivity index (χ4v) is 0.828. The molecule has 0 aliphatic carbocycles. The van der Waals surface area contributed by atoms with Gasteiger partial charge in [0.05, 0.1) is 6.20 Å². The lowest BCUT2D eigenvalue weighted by atomic mass is 10.4. The first kappa shape index (κ1) is 9.57. The number of guanidine groups is 1. The van der Waals surface area contributed by atoms with Crippen molar-refractivity contribution in [2.45, 2.75) is 26.4 Å². The molecule has 1 aromatic heterocycles. The lowest BCUT2D eigenvalue weighted by Crippen LogP contribution is -2.36. The Morgan fingerprint density at radius 3 is 3.08 bits per heavy atom. The van der Waals surface area contributed by atoms with Crippen LogP contribution in [-0.2, 0) is 6.54 Å². The molecule has 5 nitrogen and oxygen atoms in total. The van der Waals surface area contributed by atoms with Gasteiger partial charge in [-0.1, -0.05) is 5.16 Å². The Bertz CT molecular complexity index is 266. The predicted molar refractivity (Wildman–Crippen MR) is 50.1 cm³/mol. The molecule has 0 amide bonds. The van der Waals surface area contributed by atoms with Crippen molar-refractivity contribution in [1.29, 1.82) is 0 Å². The van der Waals surface area contributed by atoms with Gasteiger partial charge >= 0.3 is 0 Å². The summed E-state index contributed by atoms with van der Waals surface area (Å²) in [6, 6.07) is 2.05. The van der Waals surface area contributed by atoms with Crippen LogP contribution < -0.4 is 11.1 Å². The largest absolute Gasteiger partial charge is 0.370 e. The summed E-state index contributed by atoms with van der Waals surface area (Å²) < 4.78 is 4.85. The molecule has 0 aromatic carbocycles. The van der Waals surface area contributed by atoms with Gasteiger partial charge < -0.3 is 15.6 Å². The minimum absolute atomic E-state index is 0.290. The van der Waals surface area contributed by atoms with Crippen molar-refractivity contribution in [2.24, 2.45) is 10.7 Å². The molecule has 0 spiro atoms. The second-order valence-electron chi connectivity index (χ2n) is 2.98. The summed E-state index contributed by atoms with van der Waals surface area (Å²) in [6.45, 7) is 4.42. The van der Waals surface area contributed by atoms with E-state index < -0.39 is 0 Å². The van der Waals surface area contributed by atoms with E-state index in [0.29, 0.717) is 24.3 Å². The first-order valence-corrected chi connectivity index (χ1v) is 4.14. The van der Waals surface area contributed by atoms with E-state index in [-0.39, 0.29) is 0 Å². The highest BCUT2D eigenvalue weighted by Crippen LogP contribution is 1.97. The second-order valence-corrected chi connectivity index (χ2v) is 2.98. The summed E-state index contributed by atoms with van der Waals surface area (Å²) in [7, 11) is 0. The minimum atomic E-state index is 0.290. The summed E-state index contributed by atoms with van der Waals surface area (Å²) >= 11 is 0. The zero-order chi connectivity index (χ0) is 9.68. The van der Waals surface area contributed by atoms with Crippen LogP contribution in [0.2, 0.25) is 0 Å². The summed E-state index contributed by atoms with van der Waals surface area (Å²) in [5.41, 5.74) is 5.57. The van der Waals surface area contributed by atoms with Crippen LogP contribution in [0.3, 0.4) is 0 Å². The molecule has 1 rings (SSSR count). The molecule has 0 radical (unpaired) electrons. The number of aliphatic imine (C=N–C) groups is 1. The quantitative estimate of drug-likeness (QED) is 0.526. The van der Waals surface area contributed by atoms with E-state index >= 15 is 0 Å². The van der Waals surface area contributed by atoms with E-state index in [1.807, 2.05) is 13.8 Å². The lowest BCUT2D eigenvalue weighted by molar-refractivity contribution is 0.385. The number of hydrogen-bond donors (Lipinski definition) is 2. The monoisotopic (exact) mass is 182 g/mol. The van der Waals surface area contributed by atoms with Crippen molar-refractivity contribution in [3.63, 3.8) is 0 Å². The zero-order valence-corrected chi connectivity index (χ0v) is 7.82. The number of nitrogens with two attached hydrogens (primary N) is 1. The summed E-state index contributed by atoms with van der Waals surface area (Å²) in [5.74, 6) is 1.12. The molecule has 0 unspecified atom stereocenters. The van der Waals surface area contributed by atoms with E-state index in [9.17, 15) is 0 Å². The molecule has 0 bridgehead atoms. The van der Waals surface area contributed by atoms with E-state index in [1.165, 1.54) is 0 Å². The molecule has 13 heavy (non-hydrogen) atoms. The van der Waals surface area contributed by atoms with E-state index in [2.05, 4.69) is 15.5 Å². The smallest absolute Gasteiger partial charge is 0.189 e. The fraction of sp³-hybridized carbons (Fsp3) is 0.500. The van der Waals surface area contributed by atoms with Gasteiger partial charge in [-0.2, -0.15) is 0 Å². The Kier molecular flexibility index (Phi) is 3.31. The van der Waals surface area contributed by atoms with Crippen LogP contribution in [0.25, 0.3) is 0 Å². The normalized spacial score (nSPS) is 12.1. The van der Waals surface area contributed by atoms with Crippen molar-refractivity contribution < 1.29 is 4.52 Å². The van der Waals surface area contributed by atoms with Gasteiger partial charge in [0.2, 0.25) is 0 Å². The van der Waals surface area contributed by atoms with Gasteiger partial charge in [-0.3, -0.25) is 0 Å². The zero-order valence-electron chi connectivity index (χ0n) is 7.82. The Morgan fingerprint density at radius 2 is 2.54 bits per heavy atom. The summed E-state index contributed by atoms with van der Waals surface area (Å²) in [4.78, 5) is 4.06. The summed E-state index contributed by atoms with van der Waals surface area (Å²) in [6.07, 6.45) is 1.58. The molecular formula is C8H14N4O. The molecule has 0 fully saturated rings. The highest BCUT2D eigenvalue weighted by atomic mass is 16.5. The Hall–Kier alpha value is -1.52. The molecule has 0 saturated carbocycles. The van der Waals surface area contributed by atoms with Crippen molar-refractivity contribution in [2.75, 3.05) is 0 Å². The molecule has 1 aromatic rings. The molecule has 0 saturated heterocycles. The number of hydrogen-bond acceptors (Lipinski definition) is 3. The molecular weight excluding hydrogens is 168 g/mol. The van der Waals surface area contributed by atoms with Crippen molar-refractivity contribution in [3.8, 4) is 0 Å². The molecule has 0 aliphatic rings. The van der Waals surface area contributed by atoms with E-state index in [0.717, 1.165) is 0 Å². The van der Waals surface area contributed by atoms with Crippen LogP contribution >= 0.6 is 0 Å². The Morgan fingerprint density at radius 1 is 1.77 bits per heavy atom. The Balaban J connectivity index is 2.39. The standard InChI is InChI=1S/C8H14N4O/c1-6(2)12-8(9)10-5-7-3-4-11-13-7/h3-4,6H,5H2,1-2H3,(H3,9,10,12). The third-order valence-corrected chi connectivity index (χ3v) is 1.33. The SMILES string of the molecule is CC(C)NC(N)=NCc1ccno1. The van der Waals surface area contributed by atoms with Crippen LogP contribution in [0.5, 0.6) is 0 Å². The van der Waals surface area contributed by atoms with Gasteiger partial charge in [-0.15, -0.1) is 0 Å². The fourth-order valence-electron chi connectivity index (χ4n) is 0.828. The van der Waals surface area contributed by atoms with Crippen LogP contribution in [0, 0.1) is 0 Å². The maximum atomic E-state index is 5.57. The first-order chi connectivity index (χ1) is 6.18. The third-order valence-electron chi connectivity index (χ3n) is 1.33. The molecule has 5 heteroatoms. The van der Waals surface area contributed by atoms with Gasteiger partial charge in [0.15, 0.2) is 11.7 Å². The highest BCUT2D eigenvalue weighted by molar-refractivity contribution is 5.77. The number of nitrogens with one attached hydrogen (secondary N) is 1. The number of aromatic nitrogens is 1. The van der Waals surface area contributed by atoms with Gasteiger partial charge in [-0.25, -0.2) is 4.99 Å². The van der Waals surface area contributed by atoms with Crippen LogP contribution in [0.1, 0.15) is 19.6 Å². The summed E-state index contributed by atoms with van der Waals surface area (Å²) in [5, 5.41) is 6.53. The van der Waals surface area contributed by atoms with Crippen LogP contribution in [-0.4, -0.2) is 17.2 Å². The Labute approximate surface area is 77.0 Å². The molecule has 1 heterocycles. The number of nitrogens with zero attached hydrogens (tertiary/aromatic N) is 2. The predicted octanol–water partition coefficient (Wildman–Crippen LogP) is 0.487. The topological polar surface area (TPSA) is 76.4 Å². The van der Waals surface area contributed by atoms with E-state index in [1.54, 1.807) is 12.3 Å². The van der Waals surface area contributed by atoms with Crippen molar-refractivity contribution >= 4 is 5.96 Å². The van der Waals surface area contributed by atoms with Gasteiger partial charge in [0, 0.05) is 12.1 Å². The molecule has 0 aliphatic heterocycles. The van der Waals surface area contributed by atoms with Gasteiger partial charge in [-0.05, 0) is 13.8 Å². The lowest BCUT2D eigenvalue weighted by Gasteiger charge is -2.07. The maximum Gasteiger partial charge on any atom is 0.189 e. The highest BCUT2D eigenvalue weighted by Gasteiger charge is 1.97. The van der Waals surface area contributed by atoms with E-state index in [4.69, 9.17) is 10.3 Å². The van der Waals surface area contributed by atoms with Crippen molar-refractivity contribution in [3.05, 3.63) is 18.0 Å². The molecule has 0 atom stereocenters. The molecule has 3 N–H and O–H groups in total. The third kappa shape index (κ3) is 3.59. The number of rotatable bonds is 3. The molecule has 72 valence electrons. The average Bonchev–Trinajstić information content (AvgIpc) is 2.51. The van der Waals surface area contributed by atoms with Crippen LogP contribution in [0.4, 0.5) is 0 Å². The van der Waals surface area contributed by atoms with Gasteiger partial charge in [0.25, 0.3) is 0 Å². The minimum Gasteiger partial charge on any atom is -0.370 e.